The fraction of sp³-hybridized carbons (Fsp3) is 0.455. The van der Waals surface area contributed by atoms with Crippen LogP contribution in [0.1, 0.15) is 53.9 Å². The van der Waals surface area contributed by atoms with Gasteiger partial charge in [0, 0.05) is 9.90 Å². The van der Waals surface area contributed by atoms with Crippen molar-refractivity contribution in [3.63, 3.8) is 0 Å². The van der Waals surface area contributed by atoms with Crippen molar-refractivity contribution >= 4 is 55.5 Å². The van der Waals surface area contributed by atoms with Crippen molar-refractivity contribution in [3.8, 4) is 0 Å². The largest absolute Gasteiger partial charge is 0.462 e. The summed E-state index contributed by atoms with van der Waals surface area (Å²) < 4.78 is 31.6. The molecule has 0 bridgehead atoms. The first kappa shape index (κ1) is 24.5. The molecule has 0 fully saturated rings. The highest BCUT2D eigenvalue weighted by molar-refractivity contribution is 7.92. The van der Waals surface area contributed by atoms with E-state index >= 15 is 0 Å². The van der Waals surface area contributed by atoms with Gasteiger partial charge in [0.2, 0.25) is 15.9 Å². The highest BCUT2D eigenvalue weighted by Crippen LogP contribution is 2.39. The topological polar surface area (TPSA) is 92.8 Å². The Kier molecular flexibility index (Phi) is 7.84. The molecule has 1 amide bonds. The molecule has 3 rings (SSSR count). The van der Waals surface area contributed by atoms with Gasteiger partial charge in [0.1, 0.15) is 11.0 Å². The summed E-state index contributed by atoms with van der Waals surface area (Å²) in [7, 11) is -3.80. The van der Waals surface area contributed by atoms with Crippen LogP contribution in [0.2, 0.25) is 5.02 Å². The average molecular weight is 499 g/mol. The van der Waals surface area contributed by atoms with Crippen LogP contribution in [0.4, 0.5) is 10.7 Å². The minimum atomic E-state index is -3.80. The number of hydrogen-bond donors (Lipinski definition) is 1. The number of anilines is 2. The molecule has 2 aromatic rings. The molecule has 10 heteroatoms. The number of esters is 1. The van der Waals surface area contributed by atoms with Crippen molar-refractivity contribution < 1.29 is 22.7 Å². The van der Waals surface area contributed by atoms with E-state index in [1.807, 2.05) is 0 Å². The predicted molar refractivity (Wildman–Crippen MR) is 128 cm³/mol. The van der Waals surface area contributed by atoms with E-state index in [-0.39, 0.29) is 13.0 Å². The number of ether oxygens (including phenoxy) is 1. The van der Waals surface area contributed by atoms with Gasteiger partial charge in [-0.1, -0.05) is 24.6 Å². The molecule has 1 heterocycles. The van der Waals surface area contributed by atoms with Crippen molar-refractivity contribution in [3.05, 3.63) is 45.3 Å². The van der Waals surface area contributed by atoms with Crippen LogP contribution in [-0.2, 0) is 32.4 Å². The molecule has 1 N–H and O–H groups in total. The van der Waals surface area contributed by atoms with Crippen LogP contribution in [0.3, 0.4) is 0 Å². The number of sulfonamides is 1. The van der Waals surface area contributed by atoms with E-state index in [0.29, 0.717) is 21.3 Å². The van der Waals surface area contributed by atoms with Gasteiger partial charge in [-0.25, -0.2) is 13.2 Å². The fourth-order valence-electron chi connectivity index (χ4n) is 3.94. The number of nitrogens with one attached hydrogen (secondary N) is 1. The number of rotatable bonds is 8. The van der Waals surface area contributed by atoms with Crippen molar-refractivity contribution in [2.24, 2.45) is 0 Å². The maximum Gasteiger partial charge on any atom is 0.341 e. The first-order valence-corrected chi connectivity index (χ1v) is 13.6. The predicted octanol–water partition coefficient (Wildman–Crippen LogP) is 4.64. The first-order valence-electron chi connectivity index (χ1n) is 10.5. The molecule has 174 valence electrons. The van der Waals surface area contributed by atoms with Crippen LogP contribution in [0.15, 0.2) is 24.3 Å². The second-order valence-corrected chi connectivity index (χ2v) is 11.0. The molecule has 1 atom stereocenters. The number of carbonyl (C=O) groups excluding carboxylic acids is 2. The van der Waals surface area contributed by atoms with Crippen LogP contribution in [0.5, 0.6) is 0 Å². The van der Waals surface area contributed by atoms with Crippen molar-refractivity contribution in [2.45, 2.75) is 52.0 Å². The number of aryl methyl sites for hydroxylation is 1. The maximum absolute atomic E-state index is 13.3. The van der Waals surface area contributed by atoms with Crippen molar-refractivity contribution in [2.75, 3.05) is 22.5 Å². The summed E-state index contributed by atoms with van der Waals surface area (Å²) in [5.74, 6) is -0.980. The first-order chi connectivity index (χ1) is 15.2. The normalized spacial score (nSPS) is 14.4. The average Bonchev–Trinajstić information content (AvgIpc) is 3.08. The van der Waals surface area contributed by atoms with Crippen LogP contribution in [0, 0.1) is 0 Å². The number of halogens is 1. The lowest BCUT2D eigenvalue weighted by Gasteiger charge is -2.30. The van der Waals surface area contributed by atoms with Crippen LogP contribution < -0.4 is 9.62 Å². The summed E-state index contributed by atoms with van der Waals surface area (Å²) >= 11 is 7.44. The highest BCUT2D eigenvalue weighted by atomic mass is 35.5. The number of carbonyl (C=O) groups is 2. The maximum atomic E-state index is 13.3. The lowest BCUT2D eigenvalue weighted by Crippen LogP contribution is -2.47. The molecule has 0 saturated carbocycles. The van der Waals surface area contributed by atoms with Crippen molar-refractivity contribution in [1.29, 1.82) is 0 Å². The third-order valence-electron chi connectivity index (χ3n) is 5.28. The van der Waals surface area contributed by atoms with Gasteiger partial charge in [-0.15, -0.1) is 11.3 Å². The summed E-state index contributed by atoms with van der Waals surface area (Å²) in [6.45, 7) is 3.70. The molecule has 1 aliphatic rings. The summed E-state index contributed by atoms with van der Waals surface area (Å²) in [5.41, 5.74) is 1.62. The summed E-state index contributed by atoms with van der Waals surface area (Å²) in [6.07, 6.45) is 4.88. The second kappa shape index (κ2) is 10.2. The Balaban J connectivity index is 1.98. The summed E-state index contributed by atoms with van der Waals surface area (Å²) in [6, 6.07) is 5.35. The summed E-state index contributed by atoms with van der Waals surface area (Å²) in [5, 5.41) is 3.61. The lowest BCUT2D eigenvalue weighted by atomic mass is 9.95. The number of amides is 1. The number of fused-ring (bicyclic) bond motifs is 1. The zero-order chi connectivity index (χ0) is 23.5. The molecule has 0 aliphatic heterocycles. The van der Waals surface area contributed by atoms with Gasteiger partial charge in [0.05, 0.1) is 24.1 Å². The third kappa shape index (κ3) is 5.27. The molecular weight excluding hydrogens is 472 g/mol. The van der Waals surface area contributed by atoms with Crippen LogP contribution >= 0.6 is 22.9 Å². The molecule has 1 aliphatic carbocycles. The minimum absolute atomic E-state index is 0.227. The van der Waals surface area contributed by atoms with E-state index < -0.39 is 27.9 Å². The Morgan fingerprint density at radius 1 is 1.25 bits per heavy atom. The van der Waals surface area contributed by atoms with Gasteiger partial charge in [0.15, 0.2) is 0 Å². The van der Waals surface area contributed by atoms with Gasteiger partial charge < -0.3 is 10.1 Å². The Labute approximate surface area is 197 Å². The van der Waals surface area contributed by atoms with Crippen molar-refractivity contribution in [1.82, 2.24) is 0 Å². The molecule has 0 radical (unpaired) electrons. The molecular formula is C22H27ClN2O5S2. The van der Waals surface area contributed by atoms with E-state index in [1.54, 1.807) is 32.0 Å². The third-order valence-corrected chi connectivity index (χ3v) is 7.90. The zero-order valence-electron chi connectivity index (χ0n) is 18.3. The van der Waals surface area contributed by atoms with Gasteiger partial charge >= 0.3 is 5.97 Å². The second-order valence-electron chi connectivity index (χ2n) is 7.59. The number of thiophene rings is 1. The van der Waals surface area contributed by atoms with Crippen LogP contribution in [0.25, 0.3) is 0 Å². The molecule has 0 spiro atoms. The molecule has 1 aromatic carbocycles. The quantitative estimate of drug-likeness (QED) is 0.535. The Bertz CT molecular complexity index is 1110. The number of hydrogen-bond acceptors (Lipinski definition) is 6. The Morgan fingerprint density at radius 3 is 2.59 bits per heavy atom. The molecule has 7 nitrogen and oxygen atoms in total. The summed E-state index contributed by atoms with van der Waals surface area (Å²) in [4.78, 5) is 27.1. The van der Waals surface area contributed by atoms with E-state index in [4.69, 9.17) is 16.3 Å². The van der Waals surface area contributed by atoms with Crippen LogP contribution in [-0.4, -0.2) is 39.2 Å². The molecule has 0 saturated heterocycles. The molecule has 32 heavy (non-hydrogen) atoms. The number of nitrogens with zero attached hydrogens (tertiary/aromatic N) is 1. The van der Waals surface area contributed by atoms with Gasteiger partial charge in [0.25, 0.3) is 0 Å². The van der Waals surface area contributed by atoms with Gasteiger partial charge in [-0.2, -0.15) is 0 Å². The van der Waals surface area contributed by atoms with E-state index in [1.165, 1.54) is 17.4 Å². The highest BCUT2D eigenvalue weighted by Gasteiger charge is 2.34. The minimum Gasteiger partial charge on any atom is -0.462 e. The fourth-order valence-corrected chi connectivity index (χ4v) is 6.61. The monoisotopic (exact) mass is 498 g/mol. The molecule has 1 aromatic heterocycles. The van der Waals surface area contributed by atoms with E-state index in [0.717, 1.165) is 46.7 Å². The SMILES string of the molecule is CCOC(=O)c1c(NC(=O)C(CC)N(c2cccc(Cl)c2)S(C)(=O)=O)sc2c1CCCC2. The van der Waals surface area contributed by atoms with E-state index in [9.17, 15) is 18.0 Å². The number of benzene rings is 1. The Morgan fingerprint density at radius 2 is 1.97 bits per heavy atom. The molecule has 1 unspecified atom stereocenters. The van der Waals surface area contributed by atoms with Gasteiger partial charge in [-0.3, -0.25) is 9.10 Å². The Hall–Kier alpha value is -2.10. The lowest BCUT2D eigenvalue weighted by molar-refractivity contribution is -0.117. The van der Waals surface area contributed by atoms with E-state index in [2.05, 4.69) is 5.32 Å². The smallest absolute Gasteiger partial charge is 0.341 e. The standard InChI is InChI=1S/C22H27ClN2O5S2/c1-4-17(25(32(3,28)29)15-10-8-9-14(23)13-15)20(26)24-21-19(22(27)30-5-2)16-11-6-7-12-18(16)31-21/h8-10,13,17H,4-7,11-12H2,1-3H3,(H,24,26). The zero-order valence-corrected chi connectivity index (χ0v) is 20.7. The van der Waals surface area contributed by atoms with Gasteiger partial charge in [-0.05, 0) is 62.8 Å².